The molecule has 0 fully saturated rings. The maximum absolute atomic E-state index is 12.3. The van der Waals surface area contributed by atoms with Gasteiger partial charge in [-0.1, -0.05) is 60.7 Å². The summed E-state index contributed by atoms with van der Waals surface area (Å²) in [7, 11) is 0. The Morgan fingerprint density at radius 3 is 1.77 bits per heavy atom. The van der Waals surface area contributed by atoms with Crippen molar-refractivity contribution in [2.24, 2.45) is 0 Å². The van der Waals surface area contributed by atoms with Crippen molar-refractivity contribution in [3.8, 4) is 0 Å². The molecule has 0 atom stereocenters. The van der Waals surface area contributed by atoms with E-state index < -0.39 is 5.97 Å². The zero-order valence-corrected chi connectivity index (χ0v) is 12.6. The summed E-state index contributed by atoms with van der Waals surface area (Å²) in [4.78, 5) is 15.7. The number of nitrogens with zero attached hydrogens (tertiary/aromatic N) is 1. The molecule has 0 heterocycles. The fourth-order valence-corrected chi connectivity index (χ4v) is 2.12. The van der Waals surface area contributed by atoms with Crippen LogP contribution in [-0.4, -0.2) is 12.1 Å². The third-order valence-electron chi connectivity index (χ3n) is 3.01. The van der Waals surface area contributed by atoms with Gasteiger partial charge in [-0.2, -0.15) is 0 Å². The van der Waals surface area contributed by atoms with Crippen LogP contribution in [0.3, 0.4) is 0 Å². The molecule has 0 radical (unpaired) electrons. The maximum atomic E-state index is 12.3. The van der Waals surface area contributed by atoms with E-state index in [9.17, 15) is 4.79 Å². The quantitative estimate of drug-likeness (QED) is 0.477. The molecule has 0 spiro atoms. The van der Waals surface area contributed by atoms with Gasteiger partial charge in [-0.25, -0.2) is 4.85 Å². The van der Waals surface area contributed by atoms with Crippen molar-refractivity contribution in [3.63, 3.8) is 0 Å². The molecular weight excluding hydrogens is 274 g/mol. The molecule has 0 N–H and O–H groups in total. The average molecular weight is 291 g/mol. The Bertz CT molecular complexity index is 669. The molecule has 0 aliphatic heterocycles. The molecule has 0 aromatic heterocycles. The highest BCUT2D eigenvalue weighted by atomic mass is 16.5. The van der Waals surface area contributed by atoms with Crippen molar-refractivity contribution in [1.82, 2.24) is 0 Å². The zero-order chi connectivity index (χ0) is 15.9. The predicted octanol–water partition coefficient (Wildman–Crippen LogP) is 4.32. The van der Waals surface area contributed by atoms with Crippen LogP contribution in [0.2, 0.25) is 0 Å². The fourth-order valence-electron chi connectivity index (χ4n) is 2.12. The van der Waals surface area contributed by atoms with Gasteiger partial charge in [0.2, 0.25) is 0 Å². The van der Waals surface area contributed by atoms with E-state index in [-0.39, 0.29) is 11.8 Å². The van der Waals surface area contributed by atoms with Gasteiger partial charge in [0, 0.05) is 5.57 Å². The smallest absolute Gasteiger partial charge is 0.337 e. The van der Waals surface area contributed by atoms with Gasteiger partial charge in [-0.15, -0.1) is 0 Å². The first-order chi connectivity index (χ1) is 10.6. The number of hydrogen-bond acceptors (Lipinski definition) is 2. The Kier molecular flexibility index (Phi) is 5.11. The van der Waals surface area contributed by atoms with Crippen molar-refractivity contribution >= 4 is 11.5 Å². The SMILES string of the molecule is [C-]#[N+]C(C(=O)OC(C)C)=C(c1ccccc1)c1ccccc1. The summed E-state index contributed by atoms with van der Waals surface area (Å²) in [5.74, 6) is -0.590. The molecule has 0 aliphatic carbocycles. The van der Waals surface area contributed by atoms with Gasteiger partial charge in [-0.3, -0.25) is 4.79 Å². The summed E-state index contributed by atoms with van der Waals surface area (Å²) >= 11 is 0. The van der Waals surface area contributed by atoms with E-state index in [4.69, 9.17) is 11.3 Å². The lowest BCUT2D eigenvalue weighted by Gasteiger charge is -2.13. The summed E-state index contributed by atoms with van der Waals surface area (Å²) in [5, 5.41) is 0. The Morgan fingerprint density at radius 2 is 1.41 bits per heavy atom. The van der Waals surface area contributed by atoms with Gasteiger partial charge in [-0.05, 0) is 25.0 Å². The van der Waals surface area contributed by atoms with E-state index in [1.165, 1.54) is 0 Å². The summed E-state index contributed by atoms with van der Waals surface area (Å²) in [6, 6.07) is 18.9. The van der Waals surface area contributed by atoms with Crippen molar-refractivity contribution in [2.75, 3.05) is 0 Å². The third kappa shape index (κ3) is 3.62. The van der Waals surface area contributed by atoms with Crippen LogP contribution in [0.25, 0.3) is 10.4 Å². The second kappa shape index (κ2) is 7.24. The molecular formula is C19H17NO2. The predicted molar refractivity (Wildman–Crippen MR) is 86.7 cm³/mol. The molecule has 0 bridgehead atoms. The Labute approximate surface area is 130 Å². The zero-order valence-electron chi connectivity index (χ0n) is 12.6. The maximum Gasteiger partial charge on any atom is 0.337 e. The van der Waals surface area contributed by atoms with Gasteiger partial charge < -0.3 is 4.74 Å². The van der Waals surface area contributed by atoms with E-state index in [0.717, 1.165) is 11.1 Å². The Hall–Kier alpha value is -2.86. The van der Waals surface area contributed by atoms with Crippen molar-refractivity contribution in [2.45, 2.75) is 20.0 Å². The number of rotatable bonds is 4. The van der Waals surface area contributed by atoms with Crippen LogP contribution in [-0.2, 0) is 9.53 Å². The fraction of sp³-hybridized carbons (Fsp3) is 0.158. The number of carbonyl (C=O) groups is 1. The van der Waals surface area contributed by atoms with Crippen LogP contribution in [0.4, 0.5) is 0 Å². The summed E-state index contributed by atoms with van der Waals surface area (Å²) in [6.45, 7) is 11.0. The second-order valence-corrected chi connectivity index (χ2v) is 5.02. The van der Waals surface area contributed by atoms with Crippen LogP contribution in [0.5, 0.6) is 0 Å². The Morgan fingerprint density at radius 1 is 0.955 bits per heavy atom. The highest BCUT2D eigenvalue weighted by Crippen LogP contribution is 2.28. The number of benzene rings is 2. The minimum atomic E-state index is -0.590. The molecule has 2 rings (SSSR count). The van der Waals surface area contributed by atoms with E-state index in [0.29, 0.717) is 5.57 Å². The molecule has 0 unspecified atom stereocenters. The highest BCUT2D eigenvalue weighted by molar-refractivity contribution is 6.03. The van der Waals surface area contributed by atoms with Crippen LogP contribution in [0, 0.1) is 6.57 Å². The summed E-state index contributed by atoms with van der Waals surface area (Å²) in [5.41, 5.74) is 2.24. The number of esters is 1. The Balaban J connectivity index is 2.64. The van der Waals surface area contributed by atoms with Gasteiger partial charge >= 0.3 is 5.97 Å². The van der Waals surface area contributed by atoms with Gasteiger partial charge in [0.25, 0.3) is 5.70 Å². The minimum absolute atomic E-state index is 0.00565. The first kappa shape index (κ1) is 15.5. The standard InChI is InChI=1S/C19H17NO2/c1-14(2)22-19(21)18(20-3)17(15-10-6-4-7-11-15)16-12-8-5-9-13-16/h4-14H,1-2H3. The lowest BCUT2D eigenvalue weighted by Crippen LogP contribution is -2.13. The largest absolute Gasteiger partial charge is 0.468 e. The lowest BCUT2D eigenvalue weighted by molar-refractivity contribution is -0.142. The van der Waals surface area contributed by atoms with Crippen LogP contribution in [0.1, 0.15) is 25.0 Å². The molecule has 3 nitrogen and oxygen atoms in total. The monoisotopic (exact) mass is 291 g/mol. The van der Waals surface area contributed by atoms with Crippen molar-refractivity contribution in [3.05, 3.63) is 88.9 Å². The van der Waals surface area contributed by atoms with Crippen LogP contribution < -0.4 is 0 Å². The molecule has 3 heteroatoms. The van der Waals surface area contributed by atoms with E-state index >= 15 is 0 Å². The minimum Gasteiger partial charge on any atom is -0.468 e. The number of hydrogen-bond donors (Lipinski definition) is 0. The molecule has 2 aromatic carbocycles. The van der Waals surface area contributed by atoms with Gasteiger partial charge in [0.15, 0.2) is 0 Å². The van der Waals surface area contributed by atoms with Crippen LogP contribution >= 0.6 is 0 Å². The molecule has 22 heavy (non-hydrogen) atoms. The topological polar surface area (TPSA) is 30.7 Å². The lowest BCUT2D eigenvalue weighted by atomic mass is 9.96. The first-order valence-electron chi connectivity index (χ1n) is 7.07. The van der Waals surface area contributed by atoms with E-state index in [1.54, 1.807) is 13.8 Å². The second-order valence-electron chi connectivity index (χ2n) is 5.02. The molecule has 2 aromatic rings. The molecule has 0 saturated heterocycles. The highest BCUT2D eigenvalue weighted by Gasteiger charge is 2.21. The average Bonchev–Trinajstić information content (AvgIpc) is 2.53. The van der Waals surface area contributed by atoms with Gasteiger partial charge in [0.1, 0.15) is 0 Å². The summed E-state index contributed by atoms with van der Waals surface area (Å²) < 4.78 is 5.22. The van der Waals surface area contributed by atoms with Crippen LogP contribution in [0.15, 0.2) is 66.4 Å². The van der Waals surface area contributed by atoms with Crippen molar-refractivity contribution < 1.29 is 9.53 Å². The first-order valence-corrected chi connectivity index (χ1v) is 7.07. The molecule has 0 aliphatic rings. The normalized spacial score (nSPS) is 9.91. The van der Waals surface area contributed by atoms with E-state index in [1.807, 2.05) is 60.7 Å². The van der Waals surface area contributed by atoms with E-state index in [2.05, 4.69) is 4.85 Å². The third-order valence-corrected chi connectivity index (χ3v) is 3.01. The molecule has 110 valence electrons. The molecule has 0 amide bonds. The number of carbonyl (C=O) groups excluding carboxylic acids is 1. The number of ether oxygens (including phenoxy) is 1. The van der Waals surface area contributed by atoms with Crippen molar-refractivity contribution in [1.29, 1.82) is 0 Å². The molecule has 0 saturated carbocycles. The summed E-state index contributed by atoms with van der Waals surface area (Å²) in [6.07, 6.45) is -0.267. The van der Waals surface area contributed by atoms with Gasteiger partial charge in [0.05, 0.1) is 12.7 Å².